The van der Waals surface area contributed by atoms with Crippen LogP contribution in [-0.4, -0.2) is 25.1 Å². The number of rotatable bonds is 2. The molecule has 22 heavy (non-hydrogen) atoms. The molecule has 106 valence electrons. The van der Waals surface area contributed by atoms with E-state index in [1.807, 2.05) is 49.5 Å². The molecule has 0 saturated carbocycles. The van der Waals surface area contributed by atoms with Gasteiger partial charge in [-0.15, -0.1) is 0 Å². The third-order valence-electron chi connectivity index (χ3n) is 3.53. The van der Waals surface area contributed by atoms with E-state index in [-0.39, 0.29) is 0 Å². The van der Waals surface area contributed by atoms with Crippen molar-refractivity contribution in [3.05, 3.63) is 60.6 Å². The number of hydrogen-bond acceptors (Lipinski definition) is 4. The number of pyridine rings is 3. The normalized spacial score (nSPS) is 11.0. The molecule has 0 unspecified atom stereocenters. The molecule has 0 bridgehead atoms. The molecule has 0 aliphatic rings. The molecule has 0 spiro atoms. The van der Waals surface area contributed by atoms with Crippen molar-refractivity contribution < 1.29 is 0 Å². The number of aryl methyl sites for hydroxylation is 1. The van der Waals surface area contributed by atoms with Crippen molar-refractivity contribution in [2.45, 2.75) is 6.92 Å². The van der Waals surface area contributed by atoms with Gasteiger partial charge in [-0.2, -0.15) is 5.10 Å². The first-order valence-electron chi connectivity index (χ1n) is 7.00. The highest BCUT2D eigenvalue weighted by atomic mass is 15.1. The second-order valence-corrected chi connectivity index (χ2v) is 5.10. The summed E-state index contributed by atoms with van der Waals surface area (Å²) in [4.78, 5) is 13.4. The maximum Gasteiger partial charge on any atom is 0.120 e. The minimum Gasteiger partial charge on any atom is -0.284 e. The molecule has 5 nitrogen and oxygen atoms in total. The van der Waals surface area contributed by atoms with Gasteiger partial charge in [-0.1, -0.05) is 0 Å². The Morgan fingerprint density at radius 1 is 0.909 bits per heavy atom. The van der Waals surface area contributed by atoms with E-state index >= 15 is 0 Å². The van der Waals surface area contributed by atoms with Gasteiger partial charge in [0.25, 0.3) is 0 Å². The lowest BCUT2D eigenvalue weighted by Crippen LogP contribution is -1.90. The fourth-order valence-corrected chi connectivity index (χ4v) is 2.45. The molecule has 4 aromatic rings. The largest absolute Gasteiger partial charge is 0.284 e. The third-order valence-corrected chi connectivity index (χ3v) is 3.53. The fourth-order valence-electron chi connectivity index (χ4n) is 2.45. The van der Waals surface area contributed by atoms with Crippen LogP contribution in [0.4, 0.5) is 0 Å². The molecule has 0 aliphatic heterocycles. The minimum absolute atomic E-state index is 0.805. The first-order valence-corrected chi connectivity index (χ1v) is 7.00. The molecule has 4 rings (SSSR count). The lowest BCUT2D eigenvalue weighted by Gasteiger charge is -2.04. The summed E-state index contributed by atoms with van der Waals surface area (Å²) in [6.07, 6.45) is 5.41. The van der Waals surface area contributed by atoms with Crippen LogP contribution in [0.25, 0.3) is 33.7 Å². The van der Waals surface area contributed by atoms with Gasteiger partial charge in [0.2, 0.25) is 0 Å². The summed E-state index contributed by atoms with van der Waals surface area (Å²) >= 11 is 0. The zero-order chi connectivity index (χ0) is 14.9. The molecule has 0 amide bonds. The van der Waals surface area contributed by atoms with Gasteiger partial charge in [-0.25, -0.2) is 4.98 Å². The van der Waals surface area contributed by atoms with E-state index in [2.05, 4.69) is 25.1 Å². The van der Waals surface area contributed by atoms with E-state index in [1.54, 1.807) is 12.4 Å². The molecule has 0 saturated heterocycles. The average molecular weight is 287 g/mol. The van der Waals surface area contributed by atoms with Crippen molar-refractivity contribution in [2.24, 2.45) is 0 Å². The lowest BCUT2D eigenvalue weighted by atomic mass is 10.1. The maximum atomic E-state index is 4.68. The van der Waals surface area contributed by atoms with E-state index in [4.69, 9.17) is 0 Å². The number of hydrogen-bond donors (Lipinski definition) is 1. The SMILES string of the molecule is Cc1ccnc(-c2n[nH]cc2-c2ccc3ncccc3n2)c1. The predicted molar refractivity (Wildman–Crippen MR) is 85.1 cm³/mol. The molecule has 0 aliphatic carbocycles. The summed E-state index contributed by atoms with van der Waals surface area (Å²) in [5.41, 5.74) is 6.32. The van der Waals surface area contributed by atoms with Crippen molar-refractivity contribution in [1.82, 2.24) is 25.1 Å². The molecule has 5 heteroatoms. The second kappa shape index (κ2) is 5.04. The third kappa shape index (κ3) is 2.13. The monoisotopic (exact) mass is 287 g/mol. The van der Waals surface area contributed by atoms with Crippen LogP contribution in [-0.2, 0) is 0 Å². The smallest absolute Gasteiger partial charge is 0.120 e. The van der Waals surface area contributed by atoms with Gasteiger partial charge in [-0.3, -0.25) is 15.1 Å². The Morgan fingerprint density at radius 3 is 2.77 bits per heavy atom. The van der Waals surface area contributed by atoms with Crippen molar-refractivity contribution in [3.63, 3.8) is 0 Å². The molecule has 4 heterocycles. The number of H-pyrrole nitrogens is 1. The van der Waals surface area contributed by atoms with Gasteiger partial charge in [0, 0.05) is 24.2 Å². The molecular weight excluding hydrogens is 274 g/mol. The summed E-state index contributed by atoms with van der Waals surface area (Å²) in [6.45, 7) is 2.04. The highest BCUT2D eigenvalue weighted by Crippen LogP contribution is 2.28. The van der Waals surface area contributed by atoms with Gasteiger partial charge in [-0.05, 0) is 48.9 Å². The lowest BCUT2D eigenvalue weighted by molar-refractivity contribution is 1.08. The Balaban J connectivity index is 1.87. The quantitative estimate of drug-likeness (QED) is 0.613. The van der Waals surface area contributed by atoms with Crippen LogP contribution in [0.1, 0.15) is 5.56 Å². The van der Waals surface area contributed by atoms with E-state index in [0.29, 0.717) is 0 Å². The topological polar surface area (TPSA) is 67.3 Å². The average Bonchev–Trinajstić information content (AvgIpc) is 3.04. The van der Waals surface area contributed by atoms with Gasteiger partial charge in [0.15, 0.2) is 0 Å². The van der Waals surface area contributed by atoms with Crippen molar-refractivity contribution in [2.75, 3.05) is 0 Å². The first kappa shape index (κ1) is 12.6. The van der Waals surface area contributed by atoms with E-state index < -0.39 is 0 Å². The summed E-state index contributed by atoms with van der Waals surface area (Å²) in [7, 11) is 0. The number of aromatic nitrogens is 5. The number of fused-ring (bicyclic) bond motifs is 1. The minimum atomic E-state index is 0.805. The first-order chi connectivity index (χ1) is 10.8. The zero-order valence-corrected chi connectivity index (χ0v) is 12.0. The van der Waals surface area contributed by atoms with E-state index in [1.165, 1.54) is 0 Å². The molecule has 0 aromatic carbocycles. The van der Waals surface area contributed by atoms with Crippen LogP contribution in [0.2, 0.25) is 0 Å². The maximum absolute atomic E-state index is 4.68. The zero-order valence-electron chi connectivity index (χ0n) is 12.0. The molecule has 4 aromatic heterocycles. The standard InChI is InChI=1S/C17H13N5/c1-11-6-8-19-16(9-11)17-12(10-20-22-17)13-4-5-14-15(21-13)3-2-7-18-14/h2-10H,1H3,(H,20,22). The Hall–Kier alpha value is -3.08. The Labute approximate surface area is 127 Å². The fraction of sp³-hybridized carbons (Fsp3) is 0.0588. The van der Waals surface area contributed by atoms with Crippen molar-refractivity contribution >= 4 is 11.0 Å². The van der Waals surface area contributed by atoms with Crippen LogP contribution in [0.15, 0.2) is 55.0 Å². The summed E-state index contributed by atoms with van der Waals surface area (Å²) in [5.74, 6) is 0. The number of aromatic amines is 1. The second-order valence-electron chi connectivity index (χ2n) is 5.10. The highest BCUT2D eigenvalue weighted by molar-refractivity contribution is 5.82. The van der Waals surface area contributed by atoms with Crippen LogP contribution in [0, 0.1) is 6.92 Å². The highest BCUT2D eigenvalue weighted by Gasteiger charge is 2.13. The Bertz CT molecular complexity index is 958. The van der Waals surface area contributed by atoms with E-state index in [9.17, 15) is 0 Å². The summed E-state index contributed by atoms with van der Waals surface area (Å²) in [5, 5.41) is 7.26. The Morgan fingerprint density at radius 2 is 1.86 bits per heavy atom. The molecule has 0 atom stereocenters. The van der Waals surface area contributed by atoms with Crippen molar-refractivity contribution in [1.29, 1.82) is 0 Å². The van der Waals surface area contributed by atoms with E-state index in [0.717, 1.165) is 39.2 Å². The summed E-state index contributed by atoms with van der Waals surface area (Å²) in [6, 6.07) is 11.8. The van der Waals surface area contributed by atoms with Crippen LogP contribution < -0.4 is 0 Å². The van der Waals surface area contributed by atoms with Gasteiger partial charge < -0.3 is 0 Å². The predicted octanol–water partition coefficient (Wildman–Crippen LogP) is 3.39. The van der Waals surface area contributed by atoms with Crippen LogP contribution in [0.3, 0.4) is 0 Å². The van der Waals surface area contributed by atoms with Crippen LogP contribution >= 0.6 is 0 Å². The number of nitrogens with zero attached hydrogens (tertiary/aromatic N) is 4. The van der Waals surface area contributed by atoms with Crippen LogP contribution in [0.5, 0.6) is 0 Å². The molecule has 1 N–H and O–H groups in total. The van der Waals surface area contributed by atoms with Gasteiger partial charge in [0.1, 0.15) is 5.69 Å². The van der Waals surface area contributed by atoms with Crippen molar-refractivity contribution in [3.8, 4) is 22.6 Å². The Kier molecular flexibility index (Phi) is 2.89. The van der Waals surface area contributed by atoms with Gasteiger partial charge >= 0.3 is 0 Å². The summed E-state index contributed by atoms with van der Waals surface area (Å²) < 4.78 is 0. The van der Waals surface area contributed by atoms with Gasteiger partial charge in [0.05, 0.1) is 22.4 Å². The molecular formula is C17H13N5. The molecule has 0 radical (unpaired) electrons. The molecule has 0 fully saturated rings. The number of nitrogens with one attached hydrogen (secondary N) is 1.